The zero-order chi connectivity index (χ0) is 58.7. The molecule has 4 atom stereocenters. The molecule has 2 aliphatic carbocycles. The molecular formula is C26H12F38O8. The highest BCUT2D eigenvalue weighted by atomic mass is 19.4. The minimum absolute atomic E-state index is 0.864. The van der Waals surface area contributed by atoms with Crippen LogP contribution in [0.3, 0.4) is 0 Å². The summed E-state index contributed by atoms with van der Waals surface area (Å²) in [5.74, 6) is -74.6. The molecule has 0 heterocycles. The summed E-state index contributed by atoms with van der Waals surface area (Å²) in [7, 11) is 0. The highest BCUT2D eigenvalue weighted by Gasteiger charge is 3.21. The van der Waals surface area contributed by atoms with Gasteiger partial charge < -0.3 is 20.4 Å². The molecule has 2 aliphatic rings. The Labute approximate surface area is 364 Å². The molecule has 46 heteroatoms. The van der Waals surface area contributed by atoms with Crippen molar-refractivity contribution in [3.63, 3.8) is 0 Å². The third-order valence-electron chi connectivity index (χ3n) is 10.0. The van der Waals surface area contributed by atoms with Crippen molar-refractivity contribution in [2.45, 2.75) is 130 Å². The molecule has 0 radical (unpaired) electrons. The summed E-state index contributed by atoms with van der Waals surface area (Å²) < 4.78 is 581. The van der Waals surface area contributed by atoms with E-state index in [1.165, 1.54) is 0 Å². The Morgan fingerprint density at radius 1 is 0.236 bits per heavy atom. The van der Waals surface area contributed by atoms with Gasteiger partial charge in [-0.3, -0.25) is 0 Å². The topological polar surface area (TPSA) is 118 Å². The van der Waals surface area contributed by atoms with E-state index in [9.17, 15) is 70.2 Å². The zero-order valence-corrected chi connectivity index (χ0v) is 31.6. The lowest BCUT2D eigenvalue weighted by Gasteiger charge is -2.71. The fraction of sp³-hybridized carbons (Fsp3) is 1.00. The van der Waals surface area contributed by atoms with E-state index in [2.05, 4.69) is 0 Å². The van der Waals surface area contributed by atoms with Crippen molar-refractivity contribution in [1.29, 1.82) is 0 Å². The van der Waals surface area contributed by atoms with Crippen LogP contribution in [0.4, 0.5) is 167 Å². The maximum absolute atomic E-state index is 17.7. The van der Waals surface area contributed by atoms with Crippen LogP contribution in [0, 0.1) is 0 Å². The number of hydrogen-bond acceptors (Lipinski definition) is 8. The monoisotopic (exact) mass is 1170 g/mol. The summed E-state index contributed by atoms with van der Waals surface area (Å²) in [4.78, 5) is 0. The molecule has 4 unspecified atom stereocenters. The maximum atomic E-state index is 17.7. The van der Waals surface area contributed by atoms with Gasteiger partial charge in [0, 0.05) is 0 Å². The molecule has 0 amide bonds. The lowest BCUT2D eigenvalue weighted by Crippen LogP contribution is -3.07. The van der Waals surface area contributed by atoms with Gasteiger partial charge in [-0.15, -0.1) is 0 Å². The summed E-state index contributed by atoms with van der Waals surface area (Å²) in [5.41, 5.74) is -70.2. The van der Waals surface area contributed by atoms with E-state index in [4.69, 9.17) is 20.4 Å². The normalized spacial score (nSPS) is 32.4. The zero-order valence-electron chi connectivity index (χ0n) is 31.6. The van der Waals surface area contributed by atoms with Gasteiger partial charge in [-0.1, -0.05) is 0 Å². The van der Waals surface area contributed by atoms with E-state index in [-0.39, 0.29) is 0 Å². The Bertz CT molecular complexity index is 1750. The first kappa shape index (κ1) is 65.1. The smallest absolute Gasteiger partial charge is 0.390 e. The van der Waals surface area contributed by atoms with Gasteiger partial charge in [0.05, 0.1) is 0 Å². The van der Waals surface area contributed by atoms with Crippen molar-refractivity contribution in [2.75, 3.05) is 26.4 Å². The first-order valence-electron chi connectivity index (χ1n) is 16.2. The Hall–Kier alpha value is -2.98. The Morgan fingerprint density at radius 3 is 0.444 bits per heavy atom. The number of alkyl halides is 38. The Morgan fingerprint density at radius 2 is 0.347 bits per heavy atom. The van der Waals surface area contributed by atoms with Crippen LogP contribution >= 0.6 is 0 Å². The third-order valence-corrected chi connectivity index (χ3v) is 10.0. The second kappa shape index (κ2) is 16.3. The lowest BCUT2D eigenvalue weighted by molar-refractivity contribution is -0.613. The van der Waals surface area contributed by atoms with E-state index in [1.54, 1.807) is 0 Å². The minimum Gasteiger partial charge on any atom is -0.390 e. The van der Waals surface area contributed by atoms with E-state index in [0.717, 1.165) is 18.9 Å². The predicted octanol–water partition coefficient (Wildman–Crippen LogP) is 9.12. The number of halogens is 38. The molecule has 2 fully saturated rings. The molecule has 0 spiro atoms. The van der Waals surface area contributed by atoms with Gasteiger partial charge in [-0.25, -0.2) is 45.3 Å². The molecule has 0 aromatic heterocycles. The quantitative estimate of drug-likeness (QED) is 0.0893. The number of aliphatic hydroxyl groups is 4. The molecule has 4 N–H and O–H groups in total. The van der Waals surface area contributed by atoms with Crippen LogP contribution in [-0.4, -0.2) is 177 Å². The highest BCUT2D eigenvalue weighted by molar-refractivity contribution is 5.52. The van der Waals surface area contributed by atoms with Crippen LogP contribution in [0.15, 0.2) is 0 Å². The first-order valence-corrected chi connectivity index (χ1v) is 16.2. The van der Waals surface area contributed by atoms with Crippen molar-refractivity contribution in [2.24, 2.45) is 0 Å². The van der Waals surface area contributed by atoms with Crippen LogP contribution in [0.1, 0.15) is 0 Å². The van der Waals surface area contributed by atoms with Crippen molar-refractivity contribution in [1.82, 2.24) is 0 Å². The second-order valence-electron chi connectivity index (χ2n) is 14.2. The minimum atomic E-state index is -12.1. The number of ether oxygens (including phenoxy) is 4. The summed E-state index contributed by atoms with van der Waals surface area (Å²) in [5, 5.41) is 32.9. The largest absolute Gasteiger partial charge is 0.426 e. The Kier molecular flexibility index (Phi) is 14.7. The summed E-state index contributed by atoms with van der Waals surface area (Å²) >= 11 is 0. The molecule has 2 saturated carbocycles. The third kappa shape index (κ3) is 7.02. The van der Waals surface area contributed by atoms with E-state index < -0.39 is 157 Å². The number of rotatable bonds is 20. The lowest BCUT2D eigenvalue weighted by atomic mass is 9.41. The number of fused-ring (bicyclic) bond motifs is 1. The molecule has 430 valence electrons. The Balaban J connectivity index is 4.09. The van der Waals surface area contributed by atoms with Gasteiger partial charge in [0.2, 0.25) is 11.3 Å². The SMILES string of the molecule is OCC(F)(F)C(F)(F)OC(F)(F)C1(F)C(F)(F)C(F)(F)C(F)(C(F)(F)OC(F)(F)C(F)(F)CO)C2(F)C(F)(C(F)(F)OC(F)(F)C(F)(F)CO)C(F)(F)C(F)(F)C(F)(C(F)(F)OC(F)(F)C(F)(F)CO)C12F. The summed E-state index contributed by atoms with van der Waals surface area (Å²) in [6, 6.07) is 0. The first-order chi connectivity index (χ1) is 30.8. The fourth-order valence-electron chi connectivity index (χ4n) is 6.28. The standard InChI is InChI=1S/C26H12F38O8/c27-5(28,1-65)19(49,50)69-23(57,58)11(37)9(35)10(36,13(39,16(43,44)15(11,41)42)25(61,62)71-21(53,54)7(31,32)3-67)14(40,26(63,64)72-22(55,56)8(33,34)4-68)18(47,48)17(45,46)12(9,38)24(59,60)70-20(51,52)6(29,30)2-66/h65-68H,1-4H2. The number of aliphatic hydroxyl groups excluding tert-OH is 4. The molecule has 0 bridgehead atoms. The molecule has 0 saturated heterocycles. The van der Waals surface area contributed by atoms with Crippen LogP contribution < -0.4 is 0 Å². The van der Waals surface area contributed by atoms with Crippen LogP contribution in [0.25, 0.3) is 0 Å². The maximum Gasteiger partial charge on any atom is 0.426 e. The molecule has 2 rings (SSSR count). The molecular weight excluding hydrogens is 1160 g/mol. The molecule has 0 aliphatic heterocycles. The average Bonchev–Trinajstić information content (AvgIpc) is 3.18. The molecule has 0 aromatic rings. The van der Waals surface area contributed by atoms with Crippen LogP contribution in [0.2, 0.25) is 0 Å². The van der Waals surface area contributed by atoms with E-state index in [0.29, 0.717) is 0 Å². The van der Waals surface area contributed by atoms with Gasteiger partial charge >= 0.3 is 119 Å². The predicted molar refractivity (Wildman–Crippen MR) is 135 cm³/mol. The van der Waals surface area contributed by atoms with Gasteiger partial charge in [0.15, 0.2) is 0 Å². The summed E-state index contributed by atoms with van der Waals surface area (Å²) in [6.07, 6.45) is -77.0. The van der Waals surface area contributed by atoms with Crippen molar-refractivity contribution >= 4 is 0 Å². The van der Waals surface area contributed by atoms with Crippen molar-refractivity contribution in [3.8, 4) is 0 Å². The average molecular weight is 1170 g/mol. The van der Waals surface area contributed by atoms with Crippen LogP contribution in [-0.2, 0) is 18.9 Å². The van der Waals surface area contributed by atoms with E-state index >= 15 is 96.6 Å². The van der Waals surface area contributed by atoms with Crippen molar-refractivity contribution < 1.29 is 206 Å². The second-order valence-corrected chi connectivity index (χ2v) is 14.2. The molecule has 8 nitrogen and oxygen atoms in total. The number of hydrogen-bond donors (Lipinski definition) is 4. The highest BCUT2D eigenvalue weighted by Crippen LogP contribution is 2.87. The van der Waals surface area contributed by atoms with Crippen molar-refractivity contribution in [3.05, 3.63) is 0 Å². The van der Waals surface area contributed by atoms with Crippen LogP contribution in [0.5, 0.6) is 0 Å². The molecule has 72 heavy (non-hydrogen) atoms. The van der Waals surface area contributed by atoms with Gasteiger partial charge in [0.25, 0.3) is 0 Å². The fourth-order valence-corrected chi connectivity index (χ4v) is 6.28. The van der Waals surface area contributed by atoms with Gasteiger partial charge in [-0.05, 0) is 0 Å². The van der Waals surface area contributed by atoms with Gasteiger partial charge in [0.1, 0.15) is 26.4 Å². The van der Waals surface area contributed by atoms with E-state index in [1.807, 2.05) is 0 Å². The van der Waals surface area contributed by atoms with Gasteiger partial charge in [-0.2, -0.15) is 140 Å². The summed E-state index contributed by atoms with van der Waals surface area (Å²) in [6.45, 7) is -17.0. The molecule has 0 aromatic carbocycles.